The maximum atomic E-state index is 13.5. The summed E-state index contributed by atoms with van der Waals surface area (Å²) in [5.74, 6) is 0.493. The normalized spacial score (nSPS) is 10.4. The van der Waals surface area contributed by atoms with Gasteiger partial charge in [0.2, 0.25) is 0 Å². The molecule has 2 aromatic rings. The number of ether oxygens (including phenoxy) is 1. The van der Waals surface area contributed by atoms with Crippen molar-refractivity contribution in [3.8, 4) is 11.5 Å². The summed E-state index contributed by atoms with van der Waals surface area (Å²) < 4.78 is 19.5. The molecule has 0 aliphatic heterocycles. The van der Waals surface area contributed by atoms with Crippen LogP contribution in [-0.2, 0) is 0 Å². The molecule has 2 N–H and O–H groups in total. The van der Waals surface area contributed by atoms with Crippen LogP contribution in [0.3, 0.4) is 0 Å². The summed E-state index contributed by atoms with van der Waals surface area (Å²) >= 11 is 7.77. The Balaban J connectivity index is 2.40. The van der Waals surface area contributed by atoms with E-state index in [9.17, 15) is 4.39 Å². The Kier molecular flexibility index (Phi) is 3.97. The van der Waals surface area contributed by atoms with Crippen LogP contribution >= 0.6 is 34.2 Å². The summed E-state index contributed by atoms with van der Waals surface area (Å²) in [5.41, 5.74) is 7.09. The molecule has 0 bridgehead atoms. The lowest BCUT2D eigenvalue weighted by Gasteiger charge is -2.11. The summed E-state index contributed by atoms with van der Waals surface area (Å²) in [7, 11) is 0. The molecular formula is C13H10ClFINO. The van der Waals surface area contributed by atoms with Crippen molar-refractivity contribution in [2.45, 2.75) is 6.92 Å². The Labute approximate surface area is 123 Å². The van der Waals surface area contributed by atoms with Crippen LogP contribution in [0.1, 0.15) is 5.56 Å². The second-order valence-electron chi connectivity index (χ2n) is 3.82. The van der Waals surface area contributed by atoms with E-state index < -0.39 is 0 Å². The van der Waals surface area contributed by atoms with Crippen LogP contribution in [0.2, 0.25) is 5.02 Å². The Morgan fingerprint density at radius 2 is 1.94 bits per heavy atom. The molecule has 0 heterocycles. The van der Waals surface area contributed by atoms with Crippen LogP contribution in [0.5, 0.6) is 11.5 Å². The van der Waals surface area contributed by atoms with Crippen molar-refractivity contribution in [3.05, 3.63) is 50.3 Å². The summed E-state index contributed by atoms with van der Waals surface area (Å²) in [6.45, 7) is 1.88. The lowest BCUT2D eigenvalue weighted by molar-refractivity contribution is 0.475. The smallest absolute Gasteiger partial charge is 0.153 e. The molecule has 94 valence electrons. The zero-order valence-corrected chi connectivity index (χ0v) is 12.4. The van der Waals surface area contributed by atoms with E-state index in [0.29, 0.717) is 25.8 Å². The average molecular weight is 378 g/mol. The first kappa shape index (κ1) is 13.4. The fourth-order valence-corrected chi connectivity index (χ4v) is 2.09. The fraction of sp³-hybridized carbons (Fsp3) is 0.0769. The van der Waals surface area contributed by atoms with Gasteiger partial charge in [0.1, 0.15) is 11.6 Å². The Hall–Kier alpha value is -1.01. The first-order valence-corrected chi connectivity index (χ1v) is 6.61. The monoisotopic (exact) mass is 377 g/mol. The molecule has 0 amide bonds. The number of benzene rings is 2. The summed E-state index contributed by atoms with van der Waals surface area (Å²) in [5, 5.41) is 0.556. The van der Waals surface area contributed by atoms with E-state index in [4.69, 9.17) is 22.1 Å². The van der Waals surface area contributed by atoms with Crippen LogP contribution in [0.15, 0.2) is 30.3 Å². The molecule has 2 aromatic carbocycles. The zero-order valence-electron chi connectivity index (χ0n) is 9.51. The molecule has 0 unspecified atom stereocenters. The molecule has 2 rings (SSSR count). The number of hydrogen-bond acceptors (Lipinski definition) is 2. The van der Waals surface area contributed by atoms with Crippen LogP contribution in [0.25, 0.3) is 0 Å². The van der Waals surface area contributed by atoms with Gasteiger partial charge in [-0.15, -0.1) is 0 Å². The lowest BCUT2D eigenvalue weighted by atomic mass is 10.2. The summed E-state index contributed by atoms with van der Waals surface area (Å²) in [6.07, 6.45) is 0. The lowest BCUT2D eigenvalue weighted by Crippen LogP contribution is -1.96. The Bertz CT molecular complexity index is 604. The van der Waals surface area contributed by atoms with Crippen molar-refractivity contribution in [2.24, 2.45) is 0 Å². The van der Waals surface area contributed by atoms with E-state index in [1.165, 1.54) is 12.1 Å². The maximum absolute atomic E-state index is 13.5. The van der Waals surface area contributed by atoms with Crippen molar-refractivity contribution in [2.75, 3.05) is 5.73 Å². The van der Waals surface area contributed by atoms with Gasteiger partial charge in [-0.1, -0.05) is 17.7 Å². The third kappa shape index (κ3) is 2.87. The average Bonchev–Trinajstić information content (AvgIpc) is 2.30. The van der Waals surface area contributed by atoms with Gasteiger partial charge in [0.15, 0.2) is 5.75 Å². The molecular weight excluding hydrogens is 368 g/mol. The van der Waals surface area contributed by atoms with E-state index in [1.54, 1.807) is 12.1 Å². The van der Waals surface area contributed by atoms with Crippen LogP contribution in [0, 0.1) is 16.3 Å². The Morgan fingerprint density at radius 1 is 1.22 bits per heavy atom. The van der Waals surface area contributed by atoms with E-state index in [2.05, 4.69) is 0 Å². The molecule has 0 radical (unpaired) electrons. The van der Waals surface area contributed by atoms with Crippen molar-refractivity contribution in [1.82, 2.24) is 0 Å². The third-order valence-electron chi connectivity index (χ3n) is 2.42. The topological polar surface area (TPSA) is 35.2 Å². The number of rotatable bonds is 2. The highest BCUT2D eigenvalue weighted by molar-refractivity contribution is 14.1. The van der Waals surface area contributed by atoms with Crippen LogP contribution in [0.4, 0.5) is 10.1 Å². The second kappa shape index (κ2) is 5.32. The van der Waals surface area contributed by atoms with Crippen LogP contribution < -0.4 is 10.5 Å². The summed E-state index contributed by atoms with van der Waals surface area (Å²) in [6, 6.07) is 8.08. The summed E-state index contributed by atoms with van der Waals surface area (Å²) in [4.78, 5) is 0. The minimum absolute atomic E-state index is 0.290. The predicted octanol–water partition coefficient (Wildman–Crippen LogP) is 4.77. The molecule has 0 saturated heterocycles. The number of aryl methyl sites for hydroxylation is 1. The second-order valence-corrected chi connectivity index (χ2v) is 5.41. The molecule has 0 aromatic heterocycles. The van der Waals surface area contributed by atoms with Gasteiger partial charge in [0, 0.05) is 11.1 Å². The van der Waals surface area contributed by atoms with Gasteiger partial charge in [-0.2, -0.15) is 0 Å². The highest BCUT2D eigenvalue weighted by atomic mass is 127. The van der Waals surface area contributed by atoms with Gasteiger partial charge in [-0.05, 0) is 53.3 Å². The number of hydrogen-bond donors (Lipinski definition) is 1. The first-order valence-electron chi connectivity index (χ1n) is 5.16. The molecule has 0 saturated carbocycles. The minimum Gasteiger partial charge on any atom is -0.455 e. The number of anilines is 1. The molecule has 0 aliphatic carbocycles. The van der Waals surface area contributed by atoms with E-state index in [1.807, 2.05) is 35.6 Å². The molecule has 0 aliphatic rings. The standard InChI is InChI=1S/C13H10ClFINO/c1-7-2-3-8(14)4-12(7)18-13-5-9(15)10(16)6-11(13)17/h2-6H,17H2,1H3. The van der Waals surface area contributed by atoms with Gasteiger partial charge in [0.05, 0.1) is 9.26 Å². The zero-order chi connectivity index (χ0) is 13.3. The SMILES string of the molecule is Cc1ccc(Cl)cc1Oc1cc(F)c(I)cc1N. The Morgan fingerprint density at radius 3 is 2.67 bits per heavy atom. The molecule has 0 fully saturated rings. The molecule has 18 heavy (non-hydrogen) atoms. The van der Waals surface area contributed by atoms with E-state index in [0.717, 1.165) is 5.56 Å². The predicted molar refractivity (Wildman–Crippen MR) is 79.8 cm³/mol. The van der Waals surface area contributed by atoms with E-state index in [-0.39, 0.29) is 5.82 Å². The maximum Gasteiger partial charge on any atom is 0.153 e. The molecule has 0 atom stereocenters. The van der Waals surface area contributed by atoms with Crippen molar-refractivity contribution >= 4 is 39.9 Å². The molecule has 0 spiro atoms. The number of halogens is 3. The quantitative estimate of drug-likeness (QED) is 0.604. The highest BCUT2D eigenvalue weighted by Crippen LogP contribution is 2.33. The van der Waals surface area contributed by atoms with Gasteiger partial charge in [-0.3, -0.25) is 0 Å². The van der Waals surface area contributed by atoms with Crippen molar-refractivity contribution < 1.29 is 9.13 Å². The first-order chi connectivity index (χ1) is 8.47. The molecule has 2 nitrogen and oxygen atoms in total. The third-order valence-corrected chi connectivity index (χ3v) is 3.48. The van der Waals surface area contributed by atoms with Gasteiger partial charge in [0.25, 0.3) is 0 Å². The van der Waals surface area contributed by atoms with Crippen molar-refractivity contribution in [3.63, 3.8) is 0 Å². The fourth-order valence-electron chi connectivity index (χ4n) is 1.43. The number of nitrogens with two attached hydrogens (primary N) is 1. The van der Waals surface area contributed by atoms with Crippen LogP contribution in [-0.4, -0.2) is 0 Å². The van der Waals surface area contributed by atoms with Gasteiger partial charge < -0.3 is 10.5 Å². The van der Waals surface area contributed by atoms with E-state index >= 15 is 0 Å². The minimum atomic E-state index is -0.362. The highest BCUT2D eigenvalue weighted by Gasteiger charge is 2.09. The molecule has 5 heteroatoms. The van der Waals surface area contributed by atoms with Crippen molar-refractivity contribution in [1.29, 1.82) is 0 Å². The number of nitrogen functional groups attached to an aromatic ring is 1. The largest absolute Gasteiger partial charge is 0.455 e. The van der Waals surface area contributed by atoms with Gasteiger partial charge in [-0.25, -0.2) is 4.39 Å². The van der Waals surface area contributed by atoms with Gasteiger partial charge >= 0.3 is 0 Å².